The smallest absolute Gasteiger partial charge is 0.276 e. The zero-order valence-electron chi connectivity index (χ0n) is 14.1. The average Bonchev–Trinajstić information content (AvgIpc) is 2.91. The molecule has 0 unspecified atom stereocenters. The van der Waals surface area contributed by atoms with E-state index in [1.54, 1.807) is 10.9 Å². The molecule has 3 rings (SSSR count). The molecule has 24 heavy (non-hydrogen) atoms. The van der Waals surface area contributed by atoms with Gasteiger partial charge in [-0.25, -0.2) is 0 Å². The maximum Gasteiger partial charge on any atom is 0.276 e. The highest BCUT2D eigenvalue weighted by atomic mass is 16.2. The minimum atomic E-state index is -0.0510. The summed E-state index contributed by atoms with van der Waals surface area (Å²) in [5, 5.41) is 7.93. The number of rotatable bonds is 4. The molecule has 0 atom stereocenters. The molecule has 0 bridgehead atoms. The van der Waals surface area contributed by atoms with E-state index >= 15 is 0 Å². The lowest BCUT2D eigenvalue weighted by Crippen LogP contribution is -2.35. The molecular formula is C17H24N6O. The van der Waals surface area contributed by atoms with Crippen LogP contribution in [0.15, 0.2) is 30.5 Å². The van der Waals surface area contributed by atoms with Crippen LogP contribution in [0, 0.1) is 6.92 Å². The fourth-order valence-corrected chi connectivity index (χ4v) is 3.08. The number of benzene rings is 1. The van der Waals surface area contributed by atoms with E-state index < -0.39 is 0 Å². The fourth-order valence-electron chi connectivity index (χ4n) is 3.08. The van der Waals surface area contributed by atoms with E-state index in [0.29, 0.717) is 25.3 Å². The van der Waals surface area contributed by atoms with Crippen LogP contribution in [-0.2, 0) is 6.54 Å². The first-order valence-electron chi connectivity index (χ1n) is 8.39. The molecule has 2 heterocycles. The number of carbonyl (C=O) groups is 1. The van der Waals surface area contributed by atoms with Crippen molar-refractivity contribution in [3.63, 3.8) is 0 Å². The quantitative estimate of drug-likeness (QED) is 0.902. The van der Waals surface area contributed by atoms with Gasteiger partial charge in [0, 0.05) is 38.4 Å². The van der Waals surface area contributed by atoms with E-state index in [0.717, 1.165) is 26.1 Å². The minimum Gasteiger partial charge on any atom is -0.369 e. The Morgan fingerprint density at radius 2 is 2.04 bits per heavy atom. The summed E-state index contributed by atoms with van der Waals surface area (Å²) in [6.07, 6.45) is 2.62. The lowest BCUT2D eigenvalue weighted by molar-refractivity contribution is 0.0761. The van der Waals surface area contributed by atoms with Crippen LogP contribution >= 0.6 is 0 Å². The molecule has 7 nitrogen and oxygen atoms in total. The third kappa shape index (κ3) is 3.56. The number of carbonyl (C=O) groups excluding carboxylic acids is 1. The number of para-hydroxylation sites is 1. The van der Waals surface area contributed by atoms with Gasteiger partial charge in [0.25, 0.3) is 5.91 Å². The Balaban J connectivity index is 1.66. The molecule has 128 valence electrons. The van der Waals surface area contributed by atoms with Crippen LogP contribution in [0.5, 0.6) is 0 Å². The Kier molecular flexibility index (Phi) is 5.10. The second-order valence-electron chi connectivity index (χ2n) is 6.07. The third-order valence-corrected chi connectivity index (χ3v) is 4.36. The summed E-state index contributed by atoms with van der Waals surface area (Å²) in [7, 11) is 0. The highest BCUT2D eigenvalue weighted by Crippen LogP contribution is 2.21. The summed E-state index contributed by atoms with van der Waals surface area (Å²) in [5.41, 5.74) is 8.42. The molecule has 0 spiro atoms. The van der Waals surface area contributed by atoms with Crippen LogP contribution in [0.4, 0.5) is 5.69 Å². The largest absolute Gasteiger partial charge is 0.369 e. The van der Waals surface area contributed by atoms with E-state index in [4.69, 9.17) is 5.73 Å². The third-order valence-electron chi connectivity index (χ3n) is 4.36. The molecule has 2 aromatic rings. The van der Waals surface area contributed by atoms with E-state index in [1.165, 1.54) is 11.3 Å². The summed E-state index contributed by atoms with van der Waals surface area (Å²) in [6, 6.07) is 8.38. The Labute approximate surface area is 142 Å². The van der Waals surface area contributed by atoms with Crippen molar-refractivity contribution in [1.29, 1.82) is 0 Å². The van der Waals surface area contributed by atoms with E-state index in [2.05, 4.69) is 46.4 Å². The molecular weight excluding hydrogens is 304 g/mol. The molecule has 1 aliphatic rings. The average molecular weight is 328 g/mol. The fraction of sp³-hybridized carbons (Fsp3) is 0.471. The standard InChI is InChI=1S/C17H24N6O/c1-14-5-2-3-6-16(14)21-8-4-9-22(12-11-21)17(24)15-13-23(10-7-18)20-19-15/h2-3,5-6,13H,4,7-12,18H2,1H3. The van der Waals surface area contributed by atoms with Gasteiger partial charge in [0.2, 0.25) is 0 Å². The summed E-state index contributed by atoms with van der Waals surface area (Å²) >= 11 is 0. The number of anilines is 1. The van der Waals surface area contributed by atoms with Crippen molar-refractivity contribution in [3.8, 4) is 0 Å². The first kappa shape index (κ1) is 16.4. The number of hydrogen-bond acceptors (Lipinski definition) is 5. The topological polar surface area (TPSA) is 80.3 Å². The van der Waals surface area contributed by atoms with Crippen LogP contribution in [0.2, 0.25) is 0 Å². The van der Waals surface area contributed by atoms with E-state index in [-0.39, 0.29) is 5.91 Å². The molecule has 0 radical (unpaired) electrons. The van der Waals surface area contributed by atoms with Crippen molar-refractivity contribution in [2.75, 3.05) is 37.6 Å². The molecule has 1 aromatic carbocycles. The molecule has 7 heteroatoms. The van der Waals surface area contributed by atoms with Gasteiger partial charge >= 0.3 is 0 Å². The predicted octanol–water partition coefficient (Wildman–Crippen LogP) is 0.898. The normalized spacial score (nSPS) is 15.4. The molecule has 1 aliphatic heterocycles. The van der Waals surface area contributed by atoms with Gasteiger partial charge in [-0.05, 0) is 25.0 Å². The Hall–Kier alpha value is -2.41. The van der Waals surface area contributed by atoms with Gasteiger partial charge in [-0.3, -0.25) is 9.48 Å². The lowest BCUT2D eigenvalue weighted by atomic mass is 10.2. The SMILES string of the molecule is Cc1ccccc1N1CCCN(C(=O)c2cn(CCN)nn2)CC1. The van der Waals surface area contributed by atoms with Crippen molar-refractivity contribution in [2.45, 2.75) is 19.9 Å². The Morgan fingerprint density at radius 1 is 1.21 bits per heavy atom. The van der Waals surface area contributed by atoms with Crippen molar-refractivity contribution < 1.29 is 4.79 Å². The van der Waals surface area contributed by atoms with Crippen LogP contribution in [0.1, 0.15) is 22.5 Å². The van der Waals surface area contributed by atoms with Crippen LogP contribution in [0.25, 0.3) is 0 Å². The first-order valence-corrected chi connectivity index (χ1v) is 8.39. The van der Waals surface area contributed by atoms with Crippen molar-refractivity contribution >= 4 is 11.6 Å². The maximum atomic E-state index is 12.6. The van der Waals surface area contributed by atoms with Gasteiger partial charge in [0.05, 0.1) is 12.7 Å². The lowest BCUT2D eigenvalue weighted by Gasteiger charge is -2.25. The number of aromatic nitrogens is 3. The van der Waals surface area contributed by atoms with E-state index in [1.807, 2.05) is 4.90 Å². The van der Waals surface area contributed by atoms with Gasteiger partial charge in [-0.2, -0.15) is 0 Å². The monoisotopic (exact) mass is 328 g/mol. The predicted molar refractivity (Wildman–Crippen MR) is 93.0 cm³/mol. The molecule has 1 aromatic heterocycles. The second kappa shape index (κ2) is 7.44. The van der Waals surface area contributed by atoms with Gasteiger partial charge < -0.3 is 15.5 Å². The van der Waals surface area contributed by atoms with Crippen LogP contribution in [0.3, 0.4) is 0 Å². The summed E-state index contributed by atoms with van der Waals surface area (Å²) in [6.45, 7) is 6.39. The second-order valence-corrected chi connectivity index (χ2v) is 6.07. The Bertz CT molecular complexity index is 698. The zero-order chi connectivity index (χ0) is 16.9. The van der Waals surface area contributed by atoms with Crippen molar-refractivity contribution in [2.24, 2.45) is 5.73 Å². The molecule has 2 N–H and O–H groups in total. The summed E-state index contributed by atoms with van der Waals surface area (Å²) < 4.78 is 1.62. The number of nitrogens with zero attached hydrogens (tertiary/aromatic N) is 5. The zero-order valence-corrected chi connectivity index (χ0v) is 14.1. The number of amides is 1. The van der Waals surface area contributed by atoms with Gasteiger partial charge in [-0.1, -0.05) is 23.4 Å². The highest BCUT2D eigenvalue weighted by molar-refractivity contribution is 5.92. The highest BCUT2D eigenvalue weighted by Gasteiger charge is 2.23. The minimum absolute atomic E-state index is 0.0510. The first-order chi connectivity index (χ1) is 11.7. The summed E-state index contributed by atoms with van der Waals surface area (Å²) in [5.74, 6) is -0.0510. The number of nitrogens with two attached hydrogens (primary N) is 1. The van der Waals surface area contributed by atoms with Gasteiger partial charge in [0.1, 0.15) is 0 Å². The molecule has 0 aliphatic carbocycles. The van der Waals surface area contributed by atoms with Gasteiger partial charge in [0.15, 0.2) is 5.69 Å². The van der Waals surface area contributed by atoms with Crippen LogP contribution in [-0.4, -0.2) is 58.5 Å². The maximum absolute atomic E-state index is 12.6. The molecule has 1 saturated heterocycles. The van der Waals surface area contributed by atoms with Gasteiger partial charge in [-0.15, -0.1) is 5.10 Å². The molecule has 1 amide bonds. The summed E-state index contributed by atoms with van der Waals surface area (Å²) in [4.78, 5) is 16.9. The van der Waals surface area contributed by atoms with Crippen molar-refractivity contribution in [3.05, 3.63) is 41.7 Å². The number of aryl methyl sites for hydroxylation is 1. The van der Waals surface area contributed by atoms with E-state index in [9.17, 15) is 4.79 Å². The molecule has 0 saturated carbocycles. The van der Waals surface area contributed by atoms with Crippen molar-refractivity contribution in [1.82, 2.24) is 19.9 Å². The molecule has 1 fully saturated rings. The number of hydrogen-bond donors (Lipinski definition) is 1. The Morgan fingerprint density at radius 3 is 2.83 bits per heavy atom. The van der Waals surface area contributed by atoms with Crippen LogP contribution < -0.4 is 10.6 Å².